The van der Waals surface area contributed by atoms with Gasteiger partial charge in [0.1, 0.15) is 0 Å². The summed E-state index contributed by atoms with van der Waals surface area (Å²) in [6, 6.07) is 7.72. The molecule has 0 bridgehead atoms. The molecule has 0 atom stereocenters. The maximum Gasteiger partial charge on any atom is 0.0419 e. The Kier molecular flexibility index (Phi) is 3.41. The van der Waals surface area contributed by atoms with Gasteiger partial charge in [-0.15, -0.1) is 0 Å². The Morgan fingerprint density at radius 1 is 1.10 bits per heavy atom. The van der Waals surface area contributed by atoms with Crippen LogP contribution in [0.2, 0.25) is 0 Å². The number of rotatable bonds is 3. The standard InChI is InChI=1S/C17H25N3/c1-3-14-7-8-18-17(14)15(4-1)13-19-9-11-20(12-10-19)16-5-2-6-16/h1,3-4,16,18H,2,5-13H2. The first kappa shape index (κ1) is 12.7. The molecular weight excluding hydrogens is 246 g/mol. The lowest BCUT2D eigenvalue weighted by Gasteiger charge is -2.43. The molecule has 1 aliphatic carbocycles. The summed E-state index contributed by atoms with van der Waals surface area (Å²) in [4.78, 5) is 5.35. The van der Waals surface area contributed by atoms with Gasteiger partial charge in [0, 0.05) is 51.0 Å². The number of anilines is 1. The Morgan fingerprint density at radius 3 is 2.70 bits per heavy atom. The van der Waals surface area contributed by atoms with Crippen molar-refractivity contribution in [3.63, 3.8) is 0 Å². The van der Waals surface area contributed by atoms with Crippen LogP contribution >= 0.6 is 0 Å². The number of hydrogen-bond donors (Lipinski definition) is 1. The van der Waals surface area contributed by atoms with E-state index in [0.29, 0.717) is 0 Å². The molecule has 4 rings (SSSR count). The van der Waals surface area contributed by atoms with Gasteiger partial charge in [-0.1, -0.05) is 24.6 Å². The molecular formula is C17H25N3. The Morgan fingerprint density at radius 2 is 1.95 bits per heavy atom. The fourth-order valence-electron chi connectivity index (χ4n) is 3.82. The lowest BCUT2D eigenvalue weighted by molar-refractivity contribution is 0.0588. The van der Waals surface area contributed by atoms with E-state index in [1.807, 2.05) is 0 Å². The highest BCUT2D eigenvalue weighted by Crippen LogP contribution is 2.29. The van der Waals surface area contributed by atoms with Crippen molar-refractivity contribution in [2.45, 2.75) is 38.3 Å². The predicted molar refractivity (Wildman–Crippen MR) is 83.1 cm³/mol. The number of nitrogens with zero attached hydrogens (tertiary/aromatic N) is 2. The molecule has 0 unspecified atom stereocenters. The van der Waals surface area contributed by atoms with Crippen LogP contribution < -0.4 is 5.32 Å². The number of nitrogens with one attached hydrogen (secondary N) is 1. The number of piperazine rings is 1. The van der Waals surface area contributed by atoms with E-state index in [0.717, 1.165) is 19.1 Å². The second-order valence-electron chi connectivity index (χ2n) is 6.52. The highest BCUT2D eigenvalue weighted by atomic mass is 15.3. The van der Waals surface area contributed by atoms with Crippen molar-refractivity contribution in [3.8, 4) is 0 Å². The maximum absolute atomic E-state index is 3.57. The lowest BCUT2D eigenvalue weighted by Crippen LogP contribution is -2.51. The molecule has 20 heavy (non-hydrogen) atoms. The third kappa shape index (κ3) is 2.33. The molecule has 1 aromatic rings. The average molecular weight is 271 g/mol. The van der Waals surface area contributed by atoms with Crippen molar-refractivity contribution in [1.29, 1.82) is 0 Å². The molecule has 3 heteroatoms. The van der Waals surface area contributed by atoms with Crippen LogP contribution in [-0.2, 0) is 13.0 Å². The fraction of sp³-hybridized carbons (Fsp3) is 0.647. The summed E-state index contributed by atoms with van der Waals surface area (Å²) in [6.07, 6.45) is 5.53. The zero-order valence-electron chi connectivity index (χ0n) is 12.3. The second-order valence-corrected chi connectivity index (χ2v) is 6.52. The number of hydrogen-bond acceptors (Lipinski definition) is 3. The highest BCUT2D eigenvalue weighted by molar-refractivity contribution is 5.61. The fourth-order valence-corrected chi connectivity index (χ4v) is 3.82. The Hall–Kier alpha value is -1.06. The van der Waals surface area contributed by atoms with Crippen LogP contribution in [0.3, 0.4) is 0 Å². The van der Waals surface area contributed by atoms with E-state index in [-0.39, 0.29) is 0 Å². The number of benzene rings is 1. The molecule has 0 radical (unpaired) electrons. The van der Waals surface area contributed by atoms with Crippen molar-refractivity contribution < 1.29 is 0 Å². The third-order valence-electron chi connectivity index (χ3n) is 5.33. The van der Waals surface area contributed by atoms with E-state index in [9.17, 15) is 0 Å². The van der Waals surface area contributed by atoms with E-state index in [4.69, 9.17) is 0 Å². The monoisotopic (exact) mass is 271 g/mol. The molecule has 3 aliphatic rings. The van der Waals surface area contributed by atoms with Crippen LogP contribution in [0.1, 0.15) is 30.4 Å². The van der Waals surface area contributed by atoms with Gasteiger partial charge >= 0.3 is 0 Å². The minimum Gasteiger partial charge on any atom is -0.384 e. The van der Waals surface area contributed by atoms with Gasteiger partial charge in [0.05, 0.1) is 0 Å². The first-order valence-corrected chi connectivity index (χ1v) is 8.21. The van der Waals surface area contributed by atoms with Gasteiger partial charge in [-0.2, -0.15) is 0 Å². The van der Waals surface area contributed by atoms with Crippen LogP contribution in [0.5, 0.6) is 0 Å². The molecule has 2 heterocycles. The van der Waals surface area contributed by atoms with Gasteiger partial charge in [0.25, 0.3) is 0 Å². The maximum atomic E-state index is 3.57. The Bertz CT molecular complexity index is 473. The summed E-state index contributed by atoms with van der Waals surface area (Å²) >= 11 is 0. The van der Waals surface area contributed by atoms with Gasteiger partial charge in [-0.25, -0.2) is 0 Å². The summed E-state index contributed by atoms with van der Waals surface area (Å²) in [5.41, 5.74) is 4.43. The van der Waals surface area contributed by atoms with Crippen molar-refractivity contribution >= 4 is 5.69 Å². The summed E-state index contributed by atoms with van der Waals surface area (Å²) in [6.45, 7) is 7.25. The smallest absolute Gasteiger partial charge is 0.0419 e. The van der Waals surface area contributed by atoms with E-state index in [1.54, 1.807) is 0 Å². The van der Waals surface area contributed by atoms with Crippen LogP contribution in [0, 0.1) is 0 Å². The average Bonchev–Trinajstić information content (AvgIpc) is 2.88. The van der Waals surface area contributed by atoms with E-state index < -0.39 is 0 Å². The molecule has 0 spiro atoms. The third-order valence-corrected chi connectivity index (χ3v) is 5.33. The molecule has 1 N–H and O–H groups in total. The summed E-state index contributed by atoms with van der Waals surface area (Å²) in [5, 5.41) is 3.57. The van der Waals surface area contributed by atoms with Crippen molar-refractivity contribution in [3.05, 3.63) is 29.3 Å². The zero-order valence-corrected chi connectivity index (χ0v) is 12.3. The van der Waals surface area contributed by atoms with Gasteiger partial charge in [0.2, 0.25) is 0 Å². The van der Waals surface area contributed by atoms with Crippen molar-refractivity contribution in [2.75, 3.05) is 38.0 Å². The topological polar surface area (TPSA) is 18.5 Å². The van der Waals surface area contributed by atoms with Crippen LogP contribution in [0.15, 0.2) is 18.2 Å². The largest absolute Gasteiger partial charge is 0.384 e. The van der Waals surface area contributed by atoms with Gasteiger partial charge in [-0.05, 0) is 30.4 Å². The van der Waals surface area contributed by atoms with Crippen molar-refractivity contribution in [2.24, 2.45) is 0 Å². The first-order valence-electron chi connectivity index (χ1n) is 8.21. The Balaban J connectivity index is 1.37. The van der Waals surface area contributed by atoms with Gasteiger partial charge in [0.15, 0.2) is 0 Å². The van der Waals surface area contributed by atoms with Crippen LogP contribution in [0.4, 0.5) is 5.69 Å². The Labute approximate surface area is 121 Å². The van der Waals surface area contributed by atoms with E-state index in [1.165, 1.54) is 68.7 Å². The van der Waals surface area contributed by atoms with E-state index >= 15 is 0 Å². The lowest BCUT2D eigenvalue weighted by atomic mass is 9.91. The molecule has 1 saturated carbocycles. The molecule has 2 fully saturated rings. The molecule has 0 aromatic heterocycles. The molecule has 1 saturated heterocycles. The number of fused-ring (bicyclic) bond motifs is 1. The van der Waals surface area contributed by atoms with Crippen molar-refractivity contribution in [1.82, 2.24) is 9.80 Å². The molecule has 0 amide bonds. The normalized spacial score (nSPS) is 24.2. The highest BCUT2D eigenvalue weighted by Gasteiger charge is 2.28. The summed E-state index contributed by atoms with van der Waals surface area (Å²) in [5.74, 6) is 0. The van der Waals surface area contributed by atoms with Gasteiger partial charge < -0.3 is 5.32 Å². The minimum absolute atomic E-state index is 0.916. The zero-order chi connectivity index (χ0) is 13.4. The quantitative estimate of drug-likeness (QED) is 0.910. The molecule has 2 aliphatic heterocycles. The second kappa shape index (κ2) is 5.38. The molecule has 1 aromatic carbocycles. The van der Waals surface area contributed by atoms with Crippen LogP contribution in [0.25, 0.3) is 0 Å². The minimum atomic E-state index is 0.916. The number of para-hydroxylation sites is 1. The molecule has 108 valence electrons. The molecule has 3 nitrogen and oxygen atoms in total. The predicted octanol–water partition coefficient (Wildman–Crippen LogP) is 2.32. The van der Waals surface area contributed by atoms with E-state index in [2.05, 4.69) is 33.3 Å². The van der Waals surface area contributed by atoms with Gasteiger partial charge in [-0.3, -0.25) is 9.80 Å². The SMILES string of the molecule is c1cc2c(c(CN3CCN(C4CCC4)CC3)c1)NCC2. The summed E-state index contributed by atoms with van der Waals surface area (Å²) in [7, 11) is 0. The first-order chi connectivity index (χ1) is 9.90. The summed E-state index contributed by atoms with van der Waals surface area (Å²) < 4.78 is 0. The van der Waals surface area contributed by atoms with Crippen LogP contribution in [-0.4, -0.2) is 48.6 Å².